The van der Waals surface area contributed by atoms with Gasteiger partial charge < -0.3 is 19.2 Å². The van der Waals surface area contributed by atoms with Crippen LogP contribution in [-0.2, 0) is 11.3 Å². The molecule has 0 spiro atoms. The van der Waals surface area contributed by atoms with Crippen molar-refractivity contribution in [3.8, 4) is 0 Å². The molecule has 1 fully saturated rings. The average molecular weight is 366 g/mol. The lowest BCUT2D eigenvalue weighted by Gasteiger charge is -2.15. The number of likely N-dealkylation sites (tertiary alicyclic amines) is 1. The Morgan fingerprint density at radius 1 is 0.963 bits per heavy atom. The Morgan fingerprint density at radius 3 is 2.52 bits per heavy atom. The third-order valence-electron chi connectivity index (χ3n) is 5.38. The summed E-state index contributed by atoms with van der Waals surface area (Å²) in [5.74, 6) is 0.0651. The van der Waals surface area contributed by atoms with E-state index in [1.807, 2.05) is 47.0 Å². The van der Waals surface area contributed by atoms with Crippen LogP contribution in [0.2, 0.25) is 0 Å². The standard InChI is InChI=1S/C21H26N4O2/c26-20(22-11-16-23-12-3-4-13-23)10-6-15-25-18-8-2-1-7-17(18)24-14-5-9-19(24)21(25)27/h1-2,5,7-9,14H,3-4,6,10-13,15-16H2,(H,22,26). The summed E-state index contributed by atoms with van der Waals surface area (Å²) in [4.78, 5) is 27.3. The highest BCUT2D eigenvalue weighted by Crippen LogP contribution is 2.15. The van der Waals surface area contributed by atoms with Gasteiger partial charge in [0.15, 0.2) is 0 Å². The monoisotopic (exact) mass is 366 g/mol. The van der Waals surface area contributed by atoms with Gasteiger partial charge in [-0.2, -0.15) is 0 Å². The minimum atomic E-state index is -0.00635. The van der Waals surface area contributed by atoms with E-state index in [1.165, 1.54) is 12.8 Å². The number of nitrogens with one attached hydrogen (secondary N) is 1. The summed E-state index contributed by atoms with van der Waals surface area (Å²) < 4.78 is 3.72. The predicted molar refractivity (Wildman–Crippen MR) is 107 cm³/mol. The van der Waals surface area contributed by atoms with Gasteiger partial charge in [0.1, 0.15) is 5.52 Å². The van der Waals surface area contributed by atoms with Gasteiger partial charge >= 0.3 is 0 Å². The highest BCUT2D eigenvalue weighted by molar-refractivity contribution is 5.79. The van der Waals surface area contributed by atoms with Crippen LogP contribution >= 0.6 is 0 Å². The molecule has 0 bridgehead atoms. The molecule has 1 aliphatic rings. The van der Waals surface area contributed by atoms with E-state index in [2.05, 4.69) is 10.2 Å². The summed E-state index contributed by atoms with van der Waals surface area (Å²) in [6.07, 6.45) is 5.53. The van der Waals surface area contributed by atoms with Crippen LogP contribution < -0.4 is 10.9 Å². The second-order valence-corrected chi connectivity index (χ2v) is 7.21. The van der Waals surface area contributed by atoms with Crippen LogP contribution in [-0.4, -0.2) is 46.0 Å². The van der Waals surface area contributed by atoms with E-state index in [-0.39, 0.29) is 11.5 Å². The lowest BCUT2D eigenvalue weighted by Crippen LogP contribution is -2.33. The maximum absolute atomic E-state index is 12.8. The molecule has 0 atom stereocenters. The fraction of sp³-hybridized carbons (Fsp3) is 0.429. The molecule has 0 unspecified atom stereocenters. The summed E-state index contributed by atoms with van der Waals surface area (Å²) in [6.45, 7) is 4.47. The third-order valence-corrected chi connectivity index (χ3v) is 5.38. The van der Waals surface area contributed by atoms with Crippen molar-refractivity contribution in [1.29, 1.82) is 0 Å². The quantitative estimate of drug-likeness (QED) is 0.698. The SMILES string of the molecule is O=C(CCCn1c(=O)c2cccn2c2ccccc21)NCCN1CCCC1. The number of hydrogen-bond acceptors (Lipinski definition) is 3. The predicted octanol–water partition coefficient (Wildman–Crippen LogP) is 2.25. The van der Waals surface area contributed by atoms with E-state index in [4.69, 9.17) is 0 Å². The molecule has 1 amide bonds. The average Bonchev–Trinajstić information content (AvgIpc) is 3.36. The number of carbonyl (C=O) groups excluding carboxylic acids is 1. The highest BCUT2D eigenvalue weighted by atomic mass is 16.1. The van der Waals surface area contributed by atoms with E-state index in [9.17, 15) is 9.59 Å². The van der Waals surface area contributed by atoms with Crippen molar-refractivity contribution in [2.75, 3.05) is 26.2 Å². The number of fused-ring (bicyclic) bond motifs is 3. The van der Waals surface area contributed by atoms with Crippen molar-refractivity contribution < 1.29 is 4.79 Å². The molecule has 1 aromatic carbocycles. The van der Waals surface area contributed by atoms with E-state index >= 15 is 0 Å². The van der Waals surface area contributed by atoms with Crippen LogP contribution in [0.3, 0.4) is 0 Å². The third kappa shape index (κ3) is 3.76. The molecule has 6 nitrogen and oxygen atoms in total. The number of nitrogens with zero attached hydrogens (tertiary/aromatic N) is 3. The number of aromatic nitrogens is 2. The zero-order chi connectivity index (χ0) is 18.6. The summed E-state index contributed by atoms with van der Waals surface area (Å²) in [5.41, 5.74) is 2.57. The van der Waals surface area contributed by atoms with Crippen molar-refractivity contribution in [3.63, 3.8) is 0 Å². The van der Waals surface area contributed by atoms with Gasteiger partial charge in [-0.3, -0.25) is 9.59 Å². The molecule has 0 aliphatic carbocycles. The van der Waals surface area contributed by atoms with Crippen molar-refractivity contribution in [1.82, 2.24) is 19.2 Å². The molecule has 1 aliphatic heterocycles. The molecule has 1 N–H and O–H groups in total. The van der Waals surface area contributed by atoms with E-state index in [0.29, 0.717) is 31.4 Å². The van der Waals surface area contributed by atoms with Crippen LogP contribution in [0, 0.1) is 0 Å². The first kappa shape index (κ1) is 17.8. The topological polar surface area (TPSA) is 58.8 Å². The van der Waals surface area contributed by atoms with Crippen LogP contribution in [0.1, 0.15) is 25.7 Å². The Morgan fingerprint density at radius 2 is 1.70 bits per heavy atom. The lowest BCUT2D eigenvalue weighted by molar-refractivity contribution is -0.121. The normalized spacial score (nSPS) is 15.0. The molecule has 4 rings (SSSR count). The first-order chi connectivity index (χ1) is 13.2. The summed E-state index contributed by atoms with van der Waals surface area (Å²) in [7, 11) is 0. The van der Waals surface area contributed by atoms with Gasteiger partial charge in [-0.05, 0) is 56.6 Å². The minimum absolute atomic E-state index is 0.00635. The van der Waals surface area contributed by atoms with Crippen molar-refractivity contribution in [3.05, 3.63) is 52.9 Å². The van der Waals surface area contributed by atoms with Gasteiger partial charge in [0.2, 0.25) is 5.91 Å². The maximum atomic E-state index is 12.8. The molecule has 2 aromatic heterocycles. The van der Waals surface area contributed by atoms with Gasteiger partial charge in [-0.25, -0.2) is 0 Å². The number of hydrogen-bond donors (Lipinski definition) is 1. The Balaban J connectivity index is 1.39. The molecule has 142 valence electrons. The first-order valence-corrected chi connectivity index (χ1v) is 9.82. The minimum Gasteiger partial charge on any atom is -0.355 e. The molecule has 3 aromatic rings. The fourth-order valence-electron chi connectivity index (χ4n) is 3.98. The zero-order valence-corrected chi connectivity index (χ0v) is 15.6. The Bertz CT molecular complexity index is 998. The smallest absolute Gasteiger partial charge is 0.275 e. The molecule has 3 heterocycles. The van der Waals surface area contributed by atoms with Crippen molar-refractivity contribution >= 4 is 22.5 Å². The molecule has 0 radical (unpaired) electrons. The number of para-hydroxylation sites is 2. The Kier molecular flexibility index (Phi) is 5.25. The fourth-order valence-corrected chi connectivity index (χ4v) is 3.98. The second-order valence-electron chi connectivity index (χ2n) is 7.21. The van der Waals surface area contributed by atoms with E-state index < -0.39 is 0 Å². The summed E-state index contributed by atoms with van der Waals surface area (Å²) in [5, 5.41) is 3.00. The van der Waals surface area contributed by atoms with Crippen molar-refractivity contribution in [2.45, 2.75) is 32.2 Å². The zero-order valence-electron chi connectivity index (χ0n) is 15.6. The van der Waals surface area contributed by atoms with Gasteiger partial charge in [0, 0.05) is 32.3 Å². The number of amides is 1. The highest BCUT2D eigenvalue weighted by Gasteiger charge is 2.12. The Hall–Kier alpha value is -2.60. The van der Waals surface area contributed by atoms with Crippen LogP contribution in [0.15, 0.2) is 47.4 Å². The second kappa shape index (κ2) is 7.96. The first-order valence-electron chi connectivity index (χ1n) is 9.82. The van der Waals surface area contributed by atoms with Gasteiger partial charge in [-0.1, -0.05) is 12.1 Å². The number of benzene rings is 1. The van der Waals surface area contributed by atoms with E-state index in [1.54, 1.807) is 4.57 Å². The van der Waals surface area contributed by atoms with Crippen LogP contribution in [0.5, 0.6) is 0 Å². The number of carbonyl (C=O) groups is 1. The molecule has 6 heteroatoms. The van der Waals surface area contributed by atoms with Crippen LogP contribution in [0.4, 0.5) is 0 Å². The van der Waals surface area contributed by atoms with Crippen LogP contribution in [0.25, 0.3) is 16.6 Å². The van der Waals surface area contributed by atoms with Crippen molar-refractivity contribution in [2.24, 2.45) is 0 Å². The maximum Gasteiger partial charge on any atom is 0.275 e. The molecule has 27 heavy (non-hydrogen) atoms. The Labute approximate surface area is 158 Å². The largest absolute Gasteiger partial charge is 0.355 e. The lowest BCUT2D eigenvalue weighted by atomic mass is 10.2. The molecule has 0 saturated carbocycles. The van der Waals surface area contributed by atoms with Gasteiger partial charge in [0.25, 0.3) is 5.56 Å². The molecular formula is C21H26N4O2. The molecule has 1 saturated heterocycles. The number of rotatable bonds is 7. The van der Waals surface area contributed by atoms with Gasteiger partial charge in [-0.15, -0.1) is 0 Å². The van der Waals surface area contributed by atoms with E-state index in [0.717, 1.165) is 30.7 Å². The molecular weight excluding hydrogens is 340 g/mol. The number of aryl methyl sites for hydroxylation is 1. The summed E-state index contributed by atoms with van der Waals surface area (Å²) >= 11 is 0. The van der Waals surface area contributed by atoms with Gasteiger partial charge in [0.05, 0.1) is 11.0 Å². The summed E-state index contributed by atoms with van der Waals surface area (Å²) in [6, 6.07) is 11.6.